The number of nitrogens with zero attached hydrogens (tertiary/aromatic N) is 2. The van der Waals surface area contributed by atoms with Crippen LogP contribution in [-0.4, -0.2) is 41.2 Å². The number of alkyl halides is 3. The van der Waals surface area contributed by atoms with Crippen LogP contribution in [0.2, 0.25) is 0 Å². The lowest BCUT2D eigenvalue weighted by atomic mass is 9.84. The van der Waals surface area contributed by atoms with Crippen molar-refractivity contribution in [3.05, 3.63) is 47.3 Å². The smallest absolute Gasteiger partial charge is 0.433 e. The number of benzene rings is 1. The fraction of sp³-hybridized carbons (Fsp3) is 0.542. The standard InChI is InChI=1S/C24H34F3N3O.2ClH/c1-6-30(7-2)12-8-11-28-15-18-13-19(23(3,4)5)14-20(22(18)31)17-9-10-21(29-16-17)24(25,26)27;;/h9-10,13-14,16,28,31H,6-8,11-12,15H2,1-5H3;2*1H. The first-order valence-corrected chi connectivity index (χ1v) is 10.8. The van der Waals surface area contributed by atoms with Gasteiger partial charge in [0.2, 0.25) is 0 Å². The Kier molecular flexibility index (Phi) is 12.7. The summed E-state index contributed by atoms with van der Waals surface area (Å²) >= 11 is 0. The summed E-state index contributed by atoms with van der Waals surface area (Å²) < 4.78 is 38.6. The number of halogens is 5. The third-order valence-corrected chi connectivity index (χ3v) is 5.46. The van der Waals surface area contributed by atoms with E-state index in [0.29, 0.717) is 17.7 Å². The topological polar surface area (TPSA) is 48.4 Å². The lowest BCUT2D eigenvalue weighted by Crippen LogP contribution is -2.27. The third-order valence-electron chi connectivity index (χ3n) is 5.46. The molecule has 0 aliphatic rings. The maximum absolute atomic E-state index is 12.9. The minimum Gasteiger partial charge on any atom is -0.507 e. The first kappa shape index (κ1) is 31.5. The second-order valence-corrected chi connectivity index (χ2v) is 8.77. The lowest BCUT2D eigenvalue weighted by molar-refractivity contribution is -0.141. The van der Waals surface area contributed by atoms with Crippen LogP contribution >= 0.6 is 24.8 Å². The van der Waals surface area contributed by atoms with Gasteiger partial charge in [-0.15, -0.1) is 24.8 Å². The Hall–Kier alpha value is -1.54. The summed E-state index contributed by atoms with van der Waals surface area (Å²) in [4.78, 5) is 5.91. The highest BCUT2D eigenvalue weighted by Gasteiger charge is 2.32. The molecule has 1 aromatic heterocycles. The molecule has 1 aromatic carbocycles. The average molecular weight is 510 g/mol. The molecule has 2 rings (SSSR count). The molecule has 0 radical (unpaired) electrons. The molecule has 9 heteroatoms. The molecule has 1 heterocycles. The number of rotatable bonds is 9. The molecule has 0 unspecified atom stereocenters. The quantitative estimate of drug-likeness (QED) is 0.382. The highest BCUT2D eigenvalue weighted by atomic mass is 35.5. The van der Waals surface area contributed by atoms with Crippen LogP contribution in [-0.2, 0) is 18.1 Å². The van der Waals surface area contributed by atoms with Gasteiger partial charge in [-0.25, -0.2) is 0 Å². The van der Waals surface area contributed by atoms with Gasteiger partial charge >= 0.3 is 6.18 Å². The molecular weight excluding hydrogens is 474 g/mol. The Labute approximate surface area is 207 Å². The molecule has 0 atom stereocenters. The van der Waals surface area contributed by atoms with Crippen molar-refractivity contribution in [3.63, 3.8) is 0 Å². The molecule has 0 saturated heterocycles. The van der Waals surface area contributed by atoms with E-state index < -0.39 is 11.9 Å². The van der Waals surface area contributed by atoms with Crippen molar-refractivity contribution in [2.75, 3.05) is 26.2 Å². The van der Waals surface area contributed by atoms with Crippen molar-refractivity contribution in [2.24, 2.45) is 0 Å². The van der Waals surface area contributed by atoms with E-state index in [1.807, 2.05) is 12.1 Å². The summed E-state index contributed by atoms with van der Waals surface area (Å²) in [5, 5.41) is 14.3. The Balaban J connectivity index is 0.00000512. The zero-order valence-electron chi connectivity index (χ0n) is 19.9. The highest BCUT2D eigenvalue weighted by molar-refractivity contribution is 5.85. The summed E-state index contributed by atoms with van der Waals surface area (Å²) in [7, 11) is 0. The SMILES string of the molecule is CCN(CC)CCCNCc1cc(C(C)(C)C)cc(-c2ccc(C(F)(F)F)nc2)c1O.Cl.Cl. The molecule has 2 aromatic rings. The number of aromatic hydroxyl groups is 1. The predicted octanol–water partition coefficient (Wildman–Crippen LogP) is 6.44. The van der Waals surface area contributed by atoms with E-state index in [-0.39, 0.29) is 36.0 Å². The predicted molar refractivity (Wildman–Crippen MR) is 134 cm³/mol. The molecule has 188 valence electrons. The van der Waals surface area contributed by atoms with Gasteiger partial charge in [0.15, 0.2) is 0 Å². The molecule has 0 fully saturated rings. The van der Waals surface area contributed by atoms with Crippen LogP contribution in [0.3, 0.4) is 0 Å². The summed E-state index contributed by atoms with van der Waals surface area (Å²) in [5.74, 6) is 0.0748. The van der Waals surface area contributed by atoms with E-state index in [1.165, 1.54) is 12.3 Å². The average Bonchev–Trinajstić information content (AvgIpc) is 2.70. The molecular formula is C24H36Cl2F3N3O. The number of pyridine rings is 1. The fourth-order valence-electron chi connectivity index (χ4n) is 3.39. The van der Waals surface area contributed by atoms with Crippen molar-refractivity contribution in [1.82, 2.24) is 15.2 Å². The minimum absolute atomic E-state index is 0. The maximum atomic E-state index is 12.9. The first-order valence-electron chi connectivity index (χ1n) is 10.8. The molecule has 4 nitrogen and oxygen atoms in total. The Morgan fingerprint density at radius 2 is 1.67 bits per heavy atom. The van der Waals surface area contributed by atoms with Gasteiger partial charge in [-0.2, -0.15) is 13.2 Å². The Morgan fingerprint density at radius 3 is 2.15 bits per heavy atom. The number of phenols is 1. The number of phenolic OH excluding ortho intramolecular Hbond substituents is 1. The highest BCUT2D eigenvalue weighted by Crippen LogP contribution is 2.38. The van der Waals surface area contributed by atoms with Gasteiger partial charge in [0.25, 0.3) is 0 Å². The Morgan fingerprint density at radius 1 is 1.03 bits per heavy atom. The van der Waals surface area contributed by atoms with Gasteiger partial charge in [-0.1, -0.05) is 46.8 Å². The van der Waals surface area contributed by atoms with E-state index >= 15 is 0 Å². The molecule has 0 spiro atoms. The van der Waals surface area contributed by atoms with Gasteiger partial charge < -0.3 is 15.3 Å². The molecule has 0 amide bonds. The largest absolute Gasteiger partial charge is 0.507 e. The van der Waals surface area contributed by atoms with Gasteiger partial charge in [0.05, 0.1) is 0 Å². The monoisotopic (exact) mass is 509 g/mol. The fourth-order valence-corrected chi connectivity index (χ4v) is 3.39. The van der Waals surface area contributed by atoms with Crippen LogP contribution in [0.1, 0.15) is 57.9 Å². The second kappa shape index (κ2) is 13.4. The summed E-state index contributed by atoms with van der Waals surface area (Å²) in [6.07, 6.45) is -2.32. The molecule has 0 saturated carbocycles. The van der Waals surface area contributed by atoms with Crippen LogP contribution in [0.15, 0.2) is 30.5 Å². The van der Waals surface area contributed by atoms with Gasteiger partial charge in [-0.05, 0) is 55.7 Å². The molecule has 0 aliphatic heterocycles. The summed E-state index contributed by atoms with van der Waals surface area (Å²) in [5.41, 5.74) is 1.55. The van der Waals surface area contributed by atoms with Crippen LogP contribution in [0, 0.1) is 0 Å². The van der Waals surface area contributed by atoms with E-state index in [2.05, 4.69) is 49.8 Å². The van der Waals surface area contributed by atoms with Crippen LogP contribution in [0.5, 0.6) is 5.75 Å². The van der Waals surface area contributed by atoms with Crippen molar-refractivity contribution < 1.29 is 18.3 Å². The number of hydrogen-bond donors (Lipinski definition) is 2. The van der Waals surface area contributed by atoms with Crippen molar-refractivity contribution >= 4 is 24.8 Å². The van der Waals surface area contributed by atoms with E-state index in [9.17, 15) is 18.3 Å². The van der Waals surface area contributed by atoms with Crippen molar-refractivity contribution in [2.45, 2.75) is 59.2 Å². The lowest BCUT2D eigenvalue weighted by Gasteiger charge is -2.23. The van der Waals surface area contributed by atoms with Gasteiger partial charge in [0, 0.05) is 29.4 Å². The second-order valence-electron chi connectivity index (χ2n) is 8.77. The van der Waals surface area contributed by atoms with Crippen molar-refractivity contribution in [3.8, 4) is 16.9 Å². The van der Waals surface area contributed by atoms with E-state index in [1.54, 1.807) is 0 Å². The van der Waals surface area contributed by atoms with Gasteiger partial charge in [-0.3, -0.25) is 4.98 Å². The molecule has 2 N–H and O–H groups in total. The Bertz CT molecular complexity index is 850. The van der Waals surface area contributed by atoms with E-state index in [0.717, 1.165) is 49.8 Å². The summed E-state index contributed by atoms with van der Waals surface area (Å²) in [6, 6.07) is 6.11. The first-order chi connectivity index (χ1) is 14.5. The normalized spacial score (nSPS) is 11.8. The number of hydrogen-bond acceptors (Lipinski definition) is 4. The molecule has 0 aliphatic carbocycles. The third kappa shape index (κ3) is 8.96. The molecule has 33 heavy (non-hydrogen) atoms. The van der Waals surface area contributed by atoms with Gasteiger partial charge in [0.1, 0.15) is 11.4 Å². The zero-order valence-corrected chi connectivity index (χ0v) is 21.6. The zero-order chi connectivity index (χ0) is 23.2. The van der Waals surface area contributed by atoms with Crippen LogP contribution in [0.25, 0.3) is 11.1 Å². The maximum Gasteiger partial charge on any atom is 0.433 e. The number of aromatic nitrogens is 1. The molecule has 0 bridgehead atoms. The van der Waals surface area contributed by atoms with Crippen LogP contribution < -0.4 is 5.32 Å². The van der Waals surface area contributed by atoms with Crippen molar-refractivity contribution in [1.29, 1.82) is 0 Å². The summed E-state index contributed by atoms with van der Waals surface area (Å²) in [6.45, 7) is 14.8. The number of nitrogens with one attached hydrogen (secondary N) is 1. The van der Waals surface area contributed by atoms with E-state index in [4.69, 9.17) is 0 Å². The van der Waals surface area contributed by atoms with Crippen LogP contribution in [0.4, 0.5) is 13.2 Å². The minimum atomic E-state index is -4.49.